The number of nitrogen functional groups attached to an aromatic ring is 2. The van der Waals surface area contributed by atoms with Crippen LogP contribution in [0.15, 0.2) is 269 Å². The number of pyridine rings is 13. The normalized spacial score (nSPS) is 12.1. The molecule has 0 atom stereocenters. The number of aromatic nitrogens is 19. The number of ether oxygens (including phenoxy) is 3. The maximum absolute atomic E-state index is 14.6. The van der Waals surface area contributed by atoms with Crippen LogP contribution in [0.1, 0.15) is 0 Å². The molecule has 1 aliphatic heterocycles. The van der Waals surface area contributed by atoms with E-state index in [0.29, 0.717) is 135 Å². The first-order chi connectivity index (χ1) is 59.9. The van der Waals surface area contributed by atoms with Gasteiger partial charge in [0.05, 0.1) is 65.3 Å². The van der Waals surface area contributed by atoms with Crippen molar-refractivity contribution in [3.63, 3.8) is 0 Å². The van der Waals surface area contributed by atoms with Crippen LogP contribution in [0.2, 0.25) is 5.02 Å². The van der Waals surface area contributed by atoms with Gasteiger partial charge in [-0.15, -0.1) is 20.4 Å². The Bertz CT molecular complexity index is 7410. The molecule has 30 heteroatoms. The summed E-state index contributed by atoms with van der Waals surface area (Å²) in [6.07, 6.45) is 20.0. The highest BCUT2D eigenvalue weighted by Crippen LogP contribution is 2.42. The molecule has 0 aliphatic carbocycles. The first kappa shape index (κ1) is 77.5. The highest BCUT2D eigenvalue weighted by atomic mass is 35.5. The standard InChI is InChI=1S/C27H23FN6O2.C22H12ClFN4.C22H15FN6O.C21H13FN6/c28-23-6-2-1-4-20(23)24-16-21(19-5-3-8-30-26(19)31-24)25-18-7-9-29-17-22(18)27(33-32-25)36-15-12-34-10-13-35-14-11-34;23-14-3-4-19(24)18(10-14)20-11-17(16-2-1-7-27-22(16)28-20)21-15-6-8-25-12-13(15)5-9-26-21;1-30-22-18-14(8-10-25-20(18)24)19(28-29-22)15-11-17(13-5-2-3-7-16(13)23)27-21-12(15)6-4-9-26-21;22-16-6-2-1-4-13(16)17-10-15(12-5-3-8-25-21(12)28-17)19-18-14(7-9-24-19)20(23)27-11-26-18/h1-9,16-17H,10-15H2;1-12H;2-11H,1H3,(H2,24,25);1-11H,(H2,23,26,27). The molecule has 16 aromatic heterocycles. The third-order valence-electron chi connectivity index (χ3n) is 20.3. The molecular weight excluding hydrogens is 1570 g/mol. The van der Waals surface area contributed by atoms with E-state index in [0.717, 1.165) is 98.3 Å². The Balaban J connectivity index is 0.000000112. The van der Waals surface area contributed by atoms with Gasteiger partial charge in [-0.05, 0) is 158 Å². The fraction of sp³-hybridized carbons (Fsp3) is 0.0761. The highest BCUT2D eigenvalue weighted by Gasteiger charge is 2.25. The third kappa shape index (κ3) is 15.7. The van der Waals surface area contributed by atoms with Gasteiger partial charge in [0.1, 0.15) is 64.7 Å². The van der Waals surface area contributed by atoms with E-state index in [1.165, 1.54) is 43.8 Å². The van der Waals surface area contributed by atoms with Gasteiger partial charge in [0, 0.05) is 186 Å². The second-order valence-electron chi connectivity index (χ2n) is 27.6. The fourth-order valence-electron chi connectivity index (χ4n) is 14.5. The Morgan fingerprint density at radius 3 is 1.41 bits per heavy atom. The first-order valence-corrected chi connectivity index (χ1v) is 38.5. The minimum absolute atomic E-state index is 0.283. The molecule has 122 heavy (non-hydrogen) atoms. The summed E-state index contributed by atoms with van der Waals surface area (Å²) in [4.78, 5) is 68.3. The summed E-state index contributed by atoms with van der Waals surface area (Å²) in [6.45, 7) is 4.53. The quantitative estimate of drug-likeness (QED) is 0.101. The number of rotatable bonds is 13. The van der Waals surface area contributed by atoms with Gasteiger partial charge in [0.15, 0.2) is 22.6 Å². The number of nitrogens with zero attached hydrogens (tertiary/aromatic N) is 20. The molecule has 4 N–H and O–H groups in total. The maximum atomic E-state index is 14.6. The number of methoxy groups -OCH3 is 1. The molecule has 4 aromatic carbocycles. The Kier molecular flexibility index (Phi) is 21.9. The molecule has 0 radical (unpaired) electrons. The van der Waals surface area contributed by atoms with E-state index in [1.54, 1.807) is 147 Å². The second kappa shape index (κ2) is 34.5. The maximum Gasteiger partial charge on any atom is 0.244 e. The molecule has 0 bridgehead atoms. The molecule has 20 aromatic rings. The molecule has 1 saturated heterocycles. The number of halogens is 5. The van der Waals surface area contributed by atoms with Crippen LogP contribution in [0.4, 0.5) is 29.2 Å². The summed E-state index contributed by atoms with van der Waals surface area (Å²) in [5.74, 6) is -0.0977. The van der Waals surface area contributed by atoms with Gasteiger partial charge in [-0.2, -0.15) is 0 Å². The van der Waals surface area contributed by atoms with Gasteiger partial charge in [-0.25, -0.2) is 72.4 Å². The second-order valence-corrected chi connectivity index (χ2v) is 28.0. The first-order valence-electron chi connectivity index (χ1n) is 38.1. The van der Waals surface area contributed by atoms with Gasteiger partial charge in [0.25, 0.3) is 0 Å². The van der Waals surface area contributed by atoms with Crippen LogP contribution in [0.25, 0.3) is 177 Å². The van der Waals surface area contributed by atoms with Crippen LogP contribution in [0.3, 0.4) is 0 Å². The molecule has 1 aliphatic rings. The van der Waals surface area contributed by atoms with Crippen molar-refractivity contribution < 1.29 is 31.8 Å². The average Bonchev–Trinajstić information content (AvgIpc) is 0.758. The largest absolute Gasteiger partial charge is 0.479 e. The van der Waals surface area contributed by atoms with Crippen molar-refractivity contribution in [2.24, 2.45) is 0 Å². The van der Waals surface area contributed by atoms with E-state index >= 15 is 0 Å². The molecular formula is C92H63ClF4N22O3. The zero-order valence-electron chi connectivity index (χ0n) is 64.4. The van der Waals surface area contributed by atoms with Crippen molar-refractivity contribution in [3.05, 3.63) is 297 Å². The van der Waals surface area contributed by atoms with Crippen molar-refractivity contribution >= 4 is 111 Å². The lowest BCUT2D eigenvalue weighted by Crippen LogP contribution is -2.38. The van der Waals surface area contributed by atoms with Crippen LogP contribution in [0.5, 0.6) is 11.8 Å². The zero-order valence-corrected chi connectivity index (χ0v) is 65.1. The van der Waals surface area contributed by atoms with Gasteiger partial charge < -0.3 is 25.7 Å². The summed E-state index contributed by atoms with van der Waals surface area (Å²) in [5.41, 5.74) is 23.7. The monoisotopic (exact) mass is 1630 g/mol. The predicted molar refractivity (Wildman–Crippen MR) is 460 cm³/mol. The number of fused-ring (bicyclic) bond motifs is 8. The van der Waals surface area contributed by atoms with E-state index in [9.17, 15) is 17.6 Å². The van der Waals surface area contributed by atoms with Gasteiger partial charge >= 0.3 is 0 Å². The van der Waals surface area contributed by atoms with Crippen LogP contribution in [0, 0.1) is 23.3 Å². The summed E-state index contributed by atoms with van der Waals surface area (Å²) >= 11 is 6.09. The molecule has 21 rings (SSSR count). The topological polar surface area (TPSA) is 328 Å². The number of hydrogen-bond donors (Lipinski definition) is 2. The highest BCUT2D eigenvalue weighted by molar-refractivity contribution is 6.31. The average molecular weight is 1640 g/mol. The van der Waals surface area contributed by atoms with Crippen LogP contribution >= 0.6 is 11.6 Å². The van der Waals surface area contributed by atoms with Crippen LogP contribution in [-0.4, -0.2) is 147 Å². The summed E-state index contributed by atoms with van der Waals surface area (Å²) in [5, 5.41) is 26.7. The third-order valence-corrected chi connectivity index (χ3v) is 20.6. The Labute approximate surface area is 695 Å². The number of morpholine rings is 1. The minimum atomic E-state index is -0.395. The molecule has 0 unspecified atom stereocenters. The summed E-state index contributed by atoms with van der Waals surface area (Å²) in [7, 11) is 1.50. The number of nitrogens with two attached hydrogens (primary N) is 2. The van der Waals surface area contributed by atoms with Crippen molar-refractivity contribution in [1.29, 1.82) is 0 Å². The zero-order chi connectivity index (χ0) is 83.2. The minimum Gasteiger partial charge on any atom is -0.479 e. The molecule has 0 spiro atoms. The lowest BCUT2D eigenvalue weighted by molar-refractivity contribution is 0.0320. The van der Waals surface area contributed by atoms with Crippen LogP contribution < -0.4 is 20.9 Å². The van der Waals surface area contributed by atoms with E-state index in [2.05, 4.69) is 100 Å². The Morgan fingerprint density at radius 1 is 0.377 bits per heavy atom. The van der Waals surface area contributed by atoms with Gasteiger partial charge in [0.2, 0.25) is 11.8 Å². The van der Waals surface area contributed by atoms with Crippen molar-refractivity contribution in [2.75, 3.05) is 58.0 Å². The molecule has 0 saturated carbocycles. The van der Waals surface area contributed by atoms with Gasteiger partial charge in [-0.1, -0.05) is 48.0 Å². The molecule has 594 valence electrons. The lowest BCUT2D eigenvalue weighted by atomic mass is 10.00. The van der Waals surface area contributed by atoms with E-state index < -0.39 is 5.82 Å². The smallest absolute Gasteiger partial charge is 0.244 e. The lowest BCUT2D eigenvalue weighted by Gasteiger charge is -2.26. The van der Waals surface area contributed by atoms with Crippen LogP contribution in [-0.2, 0) is 4.74 Å². The SMILES string of the molecule is COc1nnc(-c2cc(-c3ccccc3F)nc3ncccc23)c2ccnc(N)c12.Fc1ccc(Cl)cc1-c1cc(-c2nccc3cnccc23)c2cccnc2n1.Fc1ccccc1-c1cc(-c2nnc(OCCN3CCOCC3)c3cnccc23)c2cccnc2n1.Nc1ncnc2c(-c3cc(-c4ccccc4F)nc4ncccc34)nccc12. The van der Waals surface area contributed by atoms with E-state index in [1.807, 2.05) is 84.9 Å². The van der Waals surface area contributed by atoms with E-state index in [-0.39, 0.29) is 29.1 Å². The predicted octanol–water partition coefficient (Wildman–Crippen LogP) is 17.9. The molecule has 17 heterocycles. The number of anilines is 2. The summed E-state index contributed by atoms with van der Waals surface area (Å²) < 4.78 is 74.8. The molecule has 1 fully saturated rings. The Hall–Kier alpha value is -15.7. The van der Waals surface area contributed by atoms with E-state index in [4.69, 9.17) is 37.3 Å². The number of benzene rings is 4. The molecule has 0 amide bonds. The fourth-order valence-corrected chi connectivity index (χ4v) is 14.7. The molecule has 25 nitrogen and oxygen atoms in total. The Morgan fingerprint density at radius 2 is 0.844 bits per heavy atom. The van der Waals surface area contributed by atoms with Crippen molar-refractivity contribution in [1.82, 2.24) is 100 Å². The van der Waals surface area contributed by atoms with Crippen molar-refractivity contribution in [2.45, 2.75) is 0 Å². The number of hydrogen-bond acceptors (Lipinski definition) is 25. The van der Waals surface area contributed by atoms with Gasteiger partial charge in [-0.3, -0.25) is 24.8 Å². The summed E-state index contributed by atoms with van der Waals surface area (Å²) in [6, 6.07) is 55.5. The van der Waals surface area contributed by atoms with Crippen molar-refractivity contribution in [3.8, 4) is 102 Å².